The van der Waals surface area contributed by atoms with Crippen LogP contribution in [0.25, 0.3) is 6.08 Å². The number of morpholine rings is 1. The Kier molecular flexibility index (Phi) is 7.84. The second-order valence-electron chi connectivity index (χ2n) is 7.19. The van der Waals surface area contributed by atoms with Crippen LogP contribution in [0.3, 0.4) is 0 Å². The lowest BCUT2D eigenvalue weighted by Gasteiger charge is -2.26. The molecular weight excluding hydrogens is 410 g/mol. The van der Waals surface area contributed by atoms with Crippen molar-refractivity contribution in [2.24, 2.45) is 0 Å². The van der Waals surface area contributed by atoms with Crippen molar-refractivity contribution in [3.63, 3.8) is 0 Å². The number of rotatable bonds is 7. The summed E-state index contributed by atoms with van der Waals surface area (Å²) in [5.74, 6) is 0.132. The lowest BCUT2D eigenvalue weighted by atomic mass is 10.1. The van der Waals surface area contributed by atoms with Crippen LogP contribution in [0.2, 0.25) is 0 Å². The van der Waals surface area contributed by atoms with Crippen molar-refractivity contribution in [1.29, 1.82) is 5.26 Å². The van der Waals surface area contributed by atoms with E-state index in [4.69, 9.17) is 14.2 Å². The normalized spacial score (nSPS) is 13.8. The molecule has 1 saturated heterocycles. The Morgan fingerprint density at radius 2 is 1.97 bits per heavy atom. The molecule has 1 N–H and O–H groups in total. The van der Waals surface area contributed by atoms with Gasteiger partial charge in [0.05, 0.1) is 20.3 Å². The van der Waals surface area contributed by atoms with Gasteiger partial charge in [0.1, 0.15) is 11.6 Å². The van der Waals surface area contributed by atoms with Gasteiger partial charge in [-0.2, -0.15) is 5.26 Å². The Morgan fingerprint density at radius 1 is 1.19 bits per heavy atom. The summed E-state index contributed by atoms with van der Waals surface area (Å²) >= 11 is 0. The minimum Gasteiger partial charge on any atom is -0.493 e. The molecule has 0 spiro atoms. The van der Waals surface area contributed by atoms with Crippen molar-refractivity contribution < 1.29 is 23.8 Å². The lowest BCUT2D eigenvalue weighted by molar-refractivity contribution is -0.130. The topological polar surface area (TPSA) is 101 Å². The number of carbonyl (C=O) groups is 2. The molecule has 2 aromatic rings. The molecule has 1 fully saturated rings. The van der Waals surface area contributed by atoms with Gasteiger partial charge in [-0.1, -0.05) is 18.2 Å². The minimum atomic E-state index is -0.331. The smallest absolute Gasteiger partial charge is 0.264 e. The average Bonchev–Trinajstić information content (AvgIpc) is 2.81. The fraction of sp³-hybridized carbons (Fsp3) is 0.292. The highest BCUT2D eigenvalue weighted by molar-refractivity contribution is 6.01. The predicted molar refractivity (Wildman–Crippen MR) is 119 cm³/mol. The van der Waals surface area contributed by atoms with Crippen LogP contribution < -0.4 is 14.8 Å². The second kappa shape index (κ2) is 11.0. The fourth-order valence-electron chi connectivity index (χ4n) is 3.20. The van der Waals surface area contributed by atoms with E-state index in [1.165, 1.54) is 13.2 Å². The van der Waals surface area contributed by atoms with Gasteiger partial charge in [0.2, 0.25) is 0 Å². The summed E-state index contributed by atoms with van der Waals surface area (Å²) in [6.07, 6.45) is 1.51. The maximum Gasteiger partial charge on any atom is 0.264 e. The Morgan fingerprint density at radius 3 is 2.66 bits per heavy atom. The lowest BCUT2D eigenvalue weighted by Crippen LogP contribution is -2.41. The number of carbonyl (C=O) groups excluding carboxylic acids is 2. The van der Waals surface area contributed by atoms with Crippen LogP contribution in [0.5, 0.6) is 11.5 Å². The van der Waals surface area contributed by atoms with Crippen LogP contribution in [0.15, 0.2) is 48.0 Å². The molecule has 0 unspecified atom stereocenters. The summed E-state index contributed by atoms with van der Waals surface area (Å²) in [6, 6.07) is 14.4. The first-order chi connectivity index (χ1) is 15.5. The highest BCUT2D eigenvalue weighted by atomic mass is 16.5. The molecule has 0 atom stereocenters. The van der Waals surface area contributed by atoms with Gasteiger partial charge in [-0.15, -0.1) is 0 Å². The maximum absolute atomic E-state index is 12.6. The predicted octanol–water partition coefficient (Wildman–Crippen LogP) is 2.79. The van der Waals surface area contributed by atoms with E-state index in [0.29, 0.717) is 49.1 Å². The van der Waals surface area contributed by atoms with Gasteiger partial charge in [-0.25, -0.2) is 0 Å². The van der Waals surface area contributed by atoms with Crippen LogP contribution in [-0.4, -0.2) is 56.7 Å². The monoisotopic (exact) mass is 435 g/mol. The number of hydrogen-bond acceptors (Lipinski definition) is 6. The van der Waals surface area contributed by atoms with E-state index in [2.05, 4.69) is 5.32 Å². The number of nitriles is 1. The molecule has 8 heteroatoms. The molecule has 1 aliphatic rings. The Hall–Kier alpha value is -3.83. The van der Waals surface area contributed by atoms with E-state index >= 15 is 0 Å². The molecule has 1 heterocycles. The quantitative estimate of drug-likeness (QED) is 0.530. The number of ether oxygens (including phenoxy) is 3. The Labute approximate surface area is 187 Å². The average molecular weight is 435 g/mol. The largest absolute Gasteiger partial charge is 0.493 e. The van der Waals surface area contributed by atoms with Crippen LogP contribution in [0, 0.1) is 18.3 Å². The van der Waals surface area contributed by atoms with E-state index in [-0.39, 0.29) is 24.0 Å². The molecule has 1 aliphatic heterocycles. The highest BCUT2D eigenvalue weighted by Gasteiger charge is 2.20. The number of aryl methyl sites for hydroxylation is 1. The molecule has 3 rings (SSSR count). The number of methoxy groups -OCH3 is 1. The van der Waals surface area contributed by atoms with Crippen molar-refractivity contribution in [2.45, 2.75) is 6.92 Å². The third-order valence-corrected chi connectivity index (χ3v) is 4.81. The molecular formula is C24H25N3O5. The number of hydrogen-bond donors (Lipinski definition) is 1. The Balaban J connectivity index is 1.67. The van der Waals surface area contributed by atoms with Crippen molar-refractivity contribution in [3.8, 4) is 17.6 Å². The molecule has 166 valence electrons. The van der Waals surface area contributed by atoms with Crippen LogP contribution in [-0.2, 0) is 14.3 Å². The van der Waals surface area contributed by atoms with Crippen LogP contribution in [0.4, 0.5) is 5.69 Å². The first-order valence-corrected chi connectivity index (χ1v) is 10.2. The molecule has 32 heavy (non-hydrogen) atoms. The summed E-state index contributed by atoms with van der Waals surface area (Å²) in [4.78, 5) is 26.4. The van der Waals surface area contributed by atoms with Crippen LogP contribution >= 0.6 is 0 Å². The third kappa shape index (κ3) is 6.09. The van der Waals surface area contributed by atoms with Crippen molar-refractivity contribution in [1.82, 2.24) is 4.90 Å². The number of nitrogens with one attached hydrogen (secondary N) is 1. The number of benzene rings is 2. The van der Waals surface area contributed by atoms with Crippen LogP contribution in [0.1, 0.15) is 11.1 Å². The van der Waals surface area contributed by atoms with Crippen molar-refractivity contribution in [3.05, 3.63) is 59.2 Å². The third-order valence-electron chi connectivity index (χ3n) is 4.81. The van der Waals surface area contributed by atoms with Gasteiger partial charge in [0.15, 0.2) is 18.1 Å². The highest BCUT2D eigenvalue weighted by Crippen LogP contribution is 2.29. The van der Waals surface area contributed by atoms with E-state index in [1.807, 2.05) is 31.2 Å². The van der Waals surface area contributed by atoms with Crippen molar-refractivity contribution in [2.75, 3.05) is 45.3 Å². The fourth-order valence-corrected chi connectivity index (χ4v) is 3.20. The van der Waals surface area contributed by atoms with Crippen molar-refractivity contribution >= 4 is 23.6 Å². The summed E-state index contributed by atoms with van der Waals surface area (Å²) < 4.78 is 16.2. The molecule has 2 amide bonds. The maximum atomic E-state index is 12.6. The van der Waals surface area contributed by atoms with Gasteiger partial charge < -0.3 is 24.4 Å². The first-order valence-electron chi connectivity index (χ1n) is 10.2. The Bertz CT molecular complexity index is 1050. The zero-order chi connectivity index (χ0) is 22.9. The van der Waals surface area contributed by atoms with Gasteiger partial charge in [-0.3, -0.25) is 9.59 Å². The second-order valence-corrected chi connectivity index (χ2v) is 7.19. The molecule has 0 radical (unpaired) electrons. The number of amides is 2. The number of anilines is 1. The van der Waals surface area contributed by atoms with Gasteiger partial charge in [-0.05, 0) is 48.4 Å². The summed E-state index contributed by atoms with van der Waals surface area (Å²) in [7, 11) is 1.48. The molecule has 2 aromatic carbocycles. The standard InChI is InChI=1S/C24H25N3O5/c1-17-4-3-5-20(12-17)26-23(28)16-32-21-7-6-18(14-22(21)30-2)13-19(15-25)24(29)27-8-10-31-11-9-27/h3-7,12-14H,8-11,16H2,1-2H3,(H,26,28)/b19-13+. The first kappa shape index (κ1) is 22.8. The molecule has 0 saturated carbocycles. The van der Waals surface area contributed by atoms with E-state index in [0.717, 1.165) is 5.56 Å². The van der Waals surface area contributed by atoms with Gasteiger partial charge in [0, 0.05) is 18.8 Å². The van der Waals surface area contributed by atoms with Gasteiger partial charge >= 0.3 is 0 Å². The van der Waals surface area contributed by atoms with Gasteiger partial charge in [0.25, 0.3) is 11.8 Å². The summed E-state index contributed by atoms with van der Waals surface area (Å²) in [5, 5.41) is 12.2. The SMILES string of the molecule is COc1cc(/C=C(\C#N)C(=O)N2CCOCC2)ccc1OCC(=O)Nc1cccc(C)c1. The zero-order valence-corrected chi connectivity index (χ0v) is 18.1. The van der Waals surface area contributed by atoms with E-state index in [9.17, 15) is 14.9 Å². The molecule has 0 bridgehead atoms. The molecule has 0 aliphatic carbocycles. The summed E-state index contributed by atoms with van der Waals surface area (Å²) in [5.41, 5.74) is 2.37. The van der Waals surface area contributed by atoms with E-state index < -0.39 is 0 Å². The minimum absolute atomic E-state index is 0.0279. The number of nitrogens with zero attached hydrogens (tertiary/aromatic N) is 2. The molecule has 0 aromatic heterocycles. The molecule has 8 nitrogen and oxygen atoms in total. The van der Waals surface area contributed by atoms with E-state index in [1.54, 1.807) is 29.2 Å². The zero-order valence-electron chi connectivity index (χ0n) is 18.1. The summed E-state index contributed by atoms with van der Waals surface area (Å²) in [6.45, 7) is 3.58.